The predicted molar refractivity (Wildman–Crippen MR) is 71.2 cm³/mol. The monoisotopic (exact) mass is 265 g/mol. The molecule has 1 aromatic rings. The molecular formula is C14H19NO4. The van der Waals surface area contributed by atoms with Gasteiger partial charge in [-0.1, -0.05) is 17.7 Å². The Morgan fingerprint density at radius 3 is 2.37 bits per heavy atom. The van der Waals surface area contributed by atoms with Gasteiger partial charge in [0, 0.05) is 12.7 Å². The van der Waals surface area contributed by atoms with Crippen molar-refractivity contribution in [2.45, 2.75) is 25.8 Å². The van der Waals surface area contributed by atoms with E-state index in [0.717, 1.165) is 5.56 Å². The zero-order valence-corrected chi connectivity index (χ0v) is 11.4. The number of hydrogen-bond acceptors (Lipinski definition) is 3. The number of carboxylic acids is 1. The van der Waals surface area contributed by atoms with Crippen LogP contribution in [-0.4, -0.2) is 36.2 Å². The van der Waals surface area contributed by atoms with E-state index in [2.05, 4.69) is 5.32 Å². The average molecular weight is 265 g/mol. The Labute approximate surface area is 112 Å². The topological polar surface area (TPSA) is 75.6 Å². The number of carbonyl (C=O) groups is 2. The van der Waals surface area contributed by atoms with Crippen LogP contribution in [0.25, 0.3) is 0 Å². The third-order valence-electron chi connectivity index (χ3n) is 2.73. The maximum Gasteiger partial charge on any atom is 0.305 e. The molecule has 0 aliphatic rings. The molecule has 1 unspecified atom stereocenters. The molecule has 0 aliphatic heterocycles. The van der Waals surface area contributed by atoms with Crippen LogP contribution in [-0.2, 0) is 9.53 Å². The molecule has 0 fully saturated rings. The Morgan fingerprint density at radius 1 is 1.32 bits per heavy atom. The summed E-state index contributed by atoms with van der Waals surface area (Å²) in [6, 6.07) is 7.08. The lowest BCUT2D eigenvalue weighted by Crippen LogP contribution is -2.50. The van der Waals surface area contributed by atoms with Crippen molar-refractivity contribution in [2.24, 2.45) is 0 Å². The Kier molecular flexibility index (Phi) is 5.06. The molecule has 0 heterocycles. The van der Waals surface area contributed by atoms with E-state index >= 15 is 0 Å². The Balaban J connectivity index is 2.81. The minimum atomic E-state index is -0.983. The fraction of sp³-hybridized carbons (Fsp3) is 0.429. The number of aryl methyl sites for hydroxylation is 1. The summed E-state index contributed by atoms with van der Waals surface area (Å²) in [4.78, 5) is 22.9. The lowest BCUT2D eigenvalue weighted by Gasteiger charge is -2.28. The first-order valence-electron chi connectivity index (χ1n) is 5.96. The summed E-state index contributed by atoms with van der Waals surface area (Å²) in [5.41, 5.74) is 0.628. The van der Waals surface area contributed by atoms with Crippen LogP contribution in [0.15, 0.2) is 24.3 Å². The zero-order valence-electron chi connectivity index (χ0n) is 11.4. The van der Waals surface area contributed by atoms with Crippen LogP contribution >= 0.6 is 0 Å². The van der Waals surface area contributed by atoms with Crippen molar-refractivity contribution >= 4 is 11.9 Å². The molecule has 1 amide bonds. The van der Waals surface area contributed by atoms with E-state index in [1.807, 2.05) is 19.1 Å². The summed E-state index contributed by atoms with van der Waals surface area (Å²) < 4.78 is 4.99. The van der Waals surface area contributed by atoms with Crippen molar-refractivity contribution in [3.8, 4) is 0 Å². The van der Waals surface area contributed by atoms with Crippen LogP contribution in [0.1, 0.15) is 29.3 Å². The molecular weight excluding hydrogens is 246 g/mol. The summed E-state index contributed by atoms with van der Waals surface area (Å²) in [7, 11) is 1.47. The number of aliphatic carboxylic acids is 1. The van der Waals surface area contributed by atoms with E-state index in [1.54, 1.807) is 19.1 Å². The average Bonchev–Trinajstić information content (AvgIpc) is 2.28. The second-order valence-electron chi connectivity index (χ2n) is 4.88. The highest BCUT2D eigenvalue weighted by Crippen LogP contribution is 2.12. The predicted octanol–water partition coefficient (Wildman–Crippen LogP) is 1.60. The molecule has 19 heavy (non-hydrogen) atoms. The van der Waals surface area contributed by atoms with Crippen LogP contribution in [0.5, 0.6) is 0 Å². The molecule has 0 saturated carbocycles. The summed E-state index contributed by atoms with van der Waals surface area (Å²) >= 11 is 0. The second kappa shape index (κ2) is 6.33. The highest BCUT2D eigenvalue weighted by Gasteiger charge is 2.29. The van der Waals surface area contributed by atoms with Crippen molar-refractivity contribution in [1.29, 1.82) is 0 Å². The van der Waals surface area contributed by atoms with Gasteiger partial charge >= 0.3 is 5.97 Å². The Morgan fingerprint density at radius 2 is 1.89 bits per heavy atom. The van der Waals surface area contributed by atoms with Gasteiger partial charge in [-0.15, -0.1) is 0 Å². The first-order valence-corrected chi connectivity index (χ1v) is 5.96. The molecule has 0 bridgehead atoms. The van der Waals surface area contributed by atoms with Crippen LogP contribution in [0.4, 0.5) is 0 Å². The van der Waals surface area contributed by atoms with Crippen LogP contribution < -0.4 is 5.32 Å². The largest absolute Gasteiger partial charge is 0.481 e. The highest BCUT2D eigenvalue weighted by molar-refractivity contribution is 5.95. The van der Waals surface area contributed by atoms with Crippen molar-refractivity contribution in [3.05, 3.63) is 35.4 Å². The number of rotatable bonds is 6. The van der Waals surface area contributed by atoms with E-state index in [1.165, 1.54) is 7.11 Å². The van der Waals surface area contributed by atoms with Gasteiger partial charge in [0.2, 0.25) is 0 Å². The van der Waals surface area contributed by atoms with Crippen molar-refractivity contribution in [2.75, 3.05) is 13.7 Å². The van der Waals surface area contributed by atoms with E-state index < -0.39 is 11.5 Å². The van der Waals surface area contributed by atoms with Crippen molar-refractivity contribution in [3.63, 3.8) is 0 Å². The molecule has 0 aliphatic carbocycles. The molecule has 1 aromatic carbocycles. The minimum absolute atomic E-state index is 0.136. The first-order chi connectivity index (χ1) is 8.86. The molecule has 0 radical (unpaired) electrons. The maximum atomic E-state index is 12.1. The number of carbonyl (C=O) groups excluding carboxylic acids is 1. The number of hydrogen-bond donors (Lipinski definition) is 2. The summed E-state index contributed by atoms with van der Waals surface area (Å²) in [5, 5.41) is 11.6. The third kappa shape index (κ3) is 4.71. The molecule has 0 spiro atoms. The molecule has 0 saturated heterocycles. The fourth-order valence-corrected chi connectivity index (χ4v) is 1.83. The minimum Gasteiger partial charge on any atom is -0.481 e. The van der Waals surface area contributed by atoms with Crippen molar-refractivity contribution in [1.82, 2.24) is 5.32 Å². The van der Waals surface area contributed by atoms with Crippen LogP contribution in [0.2, 0.25) is 0 Å². The standard InChI is InChI=1S/C14H19NO4/c1-10-4-6-11(7-5-10)13(18)15-14(2,9-19-3)8-12(16)17/h4-7H,8-9H2,1-3H3,(H,15,18)(H,16,17). The second-order valence-corrected chi connectivity index (χ2v) is 4.88. The van der Waals surface area contributed by atoms with Gasteiger partial charge in [-0.05, 0) is 26.0 Å². The Hall–Kier alpha value is -1.88. The smallest absolute Gasteiger partial charge is 0.305 e. The van der Waals surface area contributed by atoms with Gasteiger partial charge in [0.05, 0.1) is 18.6 Å². The number of methoxy groups -OCH3 is 1. The number of ether oxygens (including phenoxy) is 1. The lowest BCUT2D eigenvalue weighted by molar-refractivity contribution is -0.139. The van der Waals surface area contributed by atoms with E-state index in [4.69, 9.17) is 9.84 Å². The number of amides is 1. The van der Waals surface area contributed by atoms with Gasteiger partial charge in [0.15, 0.2) is 0 Å². The SMILES string of the molecule is COCC(C)(CC(=O)O)NC(=O)c1ccc(C)cc1. The molecule has 0 aromatic heterocycles. The van der Waals surface area contributed by atoms with E-state index in [0.29, 0.717) is 5.56 Å². The molecule has 1 rings (SSSR count). The molecule has 5 heteroatoms. The molecule has 104 valence electrons. The summed E-state index contributed by atoms with van der Waals surface area (Å²) in [6.07, 6.45) is -0.196. The summed E-state index contributed by atoms with van der Waals surface area (Å²) in [5.74, 6) is -1.29. The first kappa shape index (κ1) is 15.2. The van der Waals surface area contributed by atoms with Gasteiger partial charge in [-0.2, -0.15) is 0 Å². The molecule has 1 atom stereocenters. The number of carboxylic acid groups (broad SMARTS) is 1. The normalized spacial score (nSPS) is 13.6. The van der Waals surface area contributed by atoms with Gasteiger partial charge in [-0.25, -0.2) is 0 Å². The molecule has 5 nitrogen and oxygen atoms in total. The van der Waals surface area contributed by atoms with E-state index in [9.17, 15) is 9.59 Å². The highest BCUT2D eigenvalue weighted by atomic mass is 16.5. The third-order valence-corrected chi connectivity index (χ3v) is 2.73. The van der Waals surface area contributed by atoms with E-state index in [-0.39, 0.29) is 18.9 Å². The van der Waals surface area contributed by atoms with Crippen LogP contribution in [0, 0.1) is 6.92 Å². The lowest BCUT2D eigenvalue weighted by atomic mass is 9.98. The number of benzene rings is 1. The zero-order chi connectivity index (χ0) is 14.5. The summed E-state index contributed by atoms with van der Waals surface area (Å²) in [6.45, 7) is 3.72. The van der Waals surface area contributed by atoms with Crippen LogP contribution in [0.3, 0.4) is 0 Å². The van der Waals surface area contributed by atoms with Gasteiger partial charge in [0.1, 0.15) is 0 Å². The number of nitrogens with one attached hydrogen (secondary N) is 1. The molecule has 2 N–H and O–H groups in total. The van der Waals surface area contributed by atoms with Crippen molar-refractivity contribution < 1.29 is 19.4 Å². The quantitative estimate of drug-likeness (QED) is 0.819. The maximum absolute atomic E-state index is 12.1. The van der Waals surface area contributed by atoms with Gasteiger partial charge < -0.3 is 15.2 Å². The fourth-order valence-electron chi connectivity index (χ4n) is 1.83. The van der Waals surface area contributed by atoms with Gasteiger partial charge in [0.25, 0.3) is 5.91 Å². The van der Waals surface area contributed by atoms with Gasteiger partial charge in [-0.3, -0.25) is 9.59 Å². The Bertz CT molecular complexity index is 455.